The molecule has 1 aliphatic heterocycles. The molecular weight excluding hydrogens is 262 g/mol. The molecule has 0 radical (unpaired) electrons. The Morgan fingerprint density at radius 2 is 2.18 bits per heavy atom. The van der Waals surface area contributed by atoms with Gasteiger partial charge >= 0.3 is 0 Å². The van der Waals surface area contributed by atoms with E-state index in [1.54, 1.807) is 6.07 Å². The Hall–Kier alpha value is -1.08. The molecule has 2 rings (SSSR count). The number of halogens is 1. The summed E-state index contributed by atoms with van der Waals surface area (Å²) in [7, 11) is -3.80. The molecule has 0 fully saturated rings. The van der Waals surface area contributed by atoms with E-state index in [2.05, 4.69) is 5.32 Å². The zero-order valence-corrected chi connectivity index (χ0v) is 10.5. The van der Waals surface area contributed by atoms with E-state index in [4.69, 9.17) is 16.7 Å². The van der Waals surface area contributed by atoms with Crippen molar-refractivity contribution in [3.63, 3.8) is 0 Å². The van der Waals surface area contributed by atoms with Gasteiger partial charge in [-0.05, 0) is 18.2 Å². The van der Waals surface area contributed by atoms with Crippen LogP contribution < -0.4 is 15.4 Å². The molecule has 1 aromatic rings. The van der Waals surface area contributed by atoms with E-state index in [0.29, 0.717) is 6.67 Å². The Bertz CT molecular complexity index is 557. The van der Waals surface area contributed by atoms with E-state index in [1.165, 1.54) is 12.1 Å². The molecule has 0 aliphatic carbocycles. The van der Waals surface area contributed by atoms with Crippen LogP contribution in [0.1, 0.15) is 0 Å². The van der Waals surface area contributed by atoms with Crippen LogP contribution in [0.3, 0.4) is 0 Å². The Kier molecular flexibility index (Phi) is 3.39. The lowest BCUT2D eigenvalue weighted by Crippen LogP contribution is -2.34. The molecule has 7 heteroatoms. The number of sulfonamides is 1. The van der Waals surface area contributed by atoms with Crippen LogP contribution in [0.25, 0.3) is 0 Å². The van der Waals surface area contributed by atoms with E-state index in [0.717, 1.165) is 12.2 Å². The normalized spacial score (nSPS) is 16.2. The van der Waals surface area contributed by atoms with E-state index < -0.39 is 10.0 Å². The topological polar surface area (TPSA) is 75.4 Å². The molecule has 0 saturated heterocycles. The Balaban J connectivity index is 2.44. The molecule has 0 aromatic heterocycles. The Morgan fingerprint density at radius 3 is 2.76 bits per heavy atom. The van der Waals surface area contributed by atoms with Crippen LogP contribution >= 0.6 is 11.6 Å². The maximum Gasteiger partial charge on any atom is 0.239 e. The summed E-state index contributed by atoms with van der Waals surface area (Å²) < 4.78 is 22.7. The number of rotatable bonds is 2. The second-order valence-corrected chi connectivity index (χ2v) is 5.56. The van der Waals surface area contributed by atoms with Gasteiger partial charge in [0.2, 0.25) is 10.0 Å². The maximum absolute atomic E-state index is 11.3. The lowest BCUT2D eigenvalue weighted by Gasteiger charge is -2.24. The summed E-state index contributed by atoms with van der Waals surface area (Å²) in [5, 5.41) is 8.35. The quantitative estimate of drug-likeness (QED) is 0.838. The number of hydrogen-bond donors (Lipinski definition) is 2. The zero-order chi connectivity index (χ0) is 12.5. The van der Waals surface area contributed by atoms with Crippen molar-refractivity contribution >= 4 is 27.3 Å². The summed E-state index contributed by atoms with van der Waals surface area (Å²) in [6.45, 7) is 1.41. The van der Waals surface area contributed by atoms with Gasteiger partial charge < -0.3 is 4.90 Å². The van der Waals surface area contributed by atoms with Gasteiger partial charge in [0.25, 0.3) is 0 Å². The third kappa shape index (κ3) is 2.78. The first kappa shape index (κ1) is 12.4. The molecule has 92 valence electrons. The SMILES string of the molecule is NS(=O)(=O)c1cc(N2C=CCNC2)ccc1Cl. The van der Waals surface area contributed by atoms with Crippen molar-refractivity contribution in [2.45, 2.75) is 4.90 Å². The summed E-state index contributed by atoms with van der Waals surface area (Å²) in [6.07, 6.45) is 3.82. The van der Waals surface area contributed by atoms with Gasteiger partial charge in [-0.15, -0.1) is 0 Å². The third-order valence-corrected chi connectivity index (χ3v) is 3.78. The predicted octanol–water partition coefficient (Wildman–Crippen LogP) is 0.868. The molecule has 0 unspecified atom stereocenters. The molecule has 3 N–H and O–H groups in total. The van der Waals surface area contributed by atoms with Crippen molar-refractivity contribution in [2.75, 3.05) is 18.1 Å². The van der Waals surface area contributed by atoms with Gasteiger partial charge in [-0.1, -0.05) is 17.7 Å². The second-order valence-electron chi connectivity index (χ2n) is 3.63. The number of anilines is 1. The summed E-state index contributed by atoms with van der Waals surface area (Å²) in [4.78, 5) is 1.81. The van der Waals surface area contributed by atoms with Crippen molar-refractivity contribution in [3.05, 3.63) is 35.5 Å². The van der Waals surface area contributed by atoms with Crippen molar-refractivity contribution in [3.8, 4) is 0 Å². The first-order chi connectivity index (χ1) is 7.98. The van der Waals surface area contributed by atoms with E-state index >= 15 is 0 Å². The van der Waals surface area contributed by atoms with Gasteiger partial charge in [0.15, 0.2) is 0 Å². The van der Waals surface area contributed by atoms with Gasteiger partial charge in [0, 0.05) is 18.4 Å². The minimum Gasteiger partial charge on any atom is -0.335 e. The van der Waals surface area contributed by atoms with E-state index in [1.807, 2.05) is 17.2 Å². The minimum absolute atomic E-state index is 0.0596. The Labute approximate surface area is 105 Å². The zero-order valence-electron chi connectivity index (χ0n) is 8.93. The van der Waals surface area contributed by atoms with Gasteiger partial charge in [0.1, 0.15) is 4.90 Å². The Morgan fingerprint density at radius 1 is 1.41 bits per heavy atom. The van der Waals surface area contributed by atoms with Crippen LogP contribution in [0.15, 0.2) is 35.4 Å². The number of nitrogens with zero attached hydrogens (tertiary/aromatic N) is 1. The van der Waals surface area contributed by atoms with E-state index in [-0.39, 0.29) is 9.92 Å². The lowest BCUT2D eigenvalue weighted by molar-refractivity contribution is 0.598. The first-order valence-electron chi connectivity index (χ1n) is 4.95. The monoisotopic (exact) mass is 273 g/mol. The van der Waals surface area contributed by atoms with Crippen LogP contribution in [0.5, 0.6) is 0 Å². The highest BCUT2D eigenvalue weighted by Crippen LogP contribution is 2.26. The smallest absolute Gasteiger partial charge is 0.239 e. The van der Waals surface area contributed by atoms with Crippen molar-refractivity contribution in [1.29, 1.82) is 0 Å². The fourth-order valence-corrected chi connectivity index (χ4v) is 2.63. The van der Waals surface area contributed by atoms with E-state index in [9.17, 15) is 8.42 Å². The molecule has 5 nitrogen and oxygen atoms in total. The van der Waals surface area contributed by atoms with Gasteiger partial charge in [-0.25, -0.2) is 13.6 Å². The highest BCUT2D eigenvalue weighted by molar-refractivity contribution is 7.89. The molecule has 0 bridgehead atoms. The van der Waals surface area contributed by atoms with Gasteiger partial charge in [-0.3, -0.25) is 5.32 Å². The molecule has 1 heterocycles. The van der Waals surface area contributed by atoms with Gasteiger partial charge in [0.05, 0.1) is 11.7 Å². The fraction of sp³-hybridized carbons (Fsp3) is 0.200. The number of nitrogens with two attached hydrogens (primary N) is 1. The number of nitrogens with one attached hydrogen (secondary N) is 1. The third-order valence-electron chi connectivity index (χ3n) is 2.38. The first-order valence-corrected chi connectivity index (χ1v) is 6.87. The number of benzene rings is 1. The van der Waals surface area contributed by atoms with Gasteiger partial charge in [-0.2, -0.15) is 0 Å². The maximum atomic E-state index is 11.3. The summed E-state index contributed by atoms with van der Waals surface area (Å²) >= 11 is 5.81. The fourth-order valence-electron chi connectivity index (χ4n) is 1.57. The van der Waals surface area contributed by atoms with Crippen molar-refractivity contribution in [2.24, 2.45) is 5.14 Å². The molecule has 0 amide bonds. The average Bonchev–Trinajstić information content (AvgIpc) is 2.29. The van der Waals surface area contributed by atoms with Crippen molar-refractivity contribution < 1.29 is 8.42 Å². The highest BCUT2D eigenvalue weighted by atomic mass is 35.5. The molecule has 1 aliphatic rings. The summed E-state index contributed by atoms with van der Waals surface area (Å²) in [5.74, 6) is 0. The van der Waals surface area contributed by atoms with Crippen LogP contribution in [0.4, 0.5) is 5.69 Å². The van der Waals surface area contributed by atoms with Crippen LogP contribution in [0, 0.1) is 0 Å². The largest absolute Gasteiger partial charge is 0.335 e. The molecule has 0 spiro atoms. The molecule has 17 heavy (non-hydrogen) atoms. The highest BCUT2D eigenvalue weighted by Gasteiger charge is 2.15. The van der Waals surface area contributed by atoms with Crippen LogP contribution in [-0.2, 0) is 10.0 Å². The number of primary sulfonamides is 1. The lowest BCUT2D eigenvalue weighted by atomic mass is 10.3. The molecule has 1 aromatic carbocycles. The van der Waals surface area contributed by atoms with Crippen LogP contribution in [-0.4, -0.2) is 21.6 Å². The standard InChI is InChI=1S/C10H12ClN3O2S/c11-9-3-2-8(6-10(9)17(12,15)16)14-5-1-4-13-7-14/h1-3,5-6,13H,4,7H2,(H2,12,15,16). The summed E-state index contributed by atoms with van der Waals surface area (Å²) in [5.41, 5.74) is 0.724. The molecule has 0 atom stereocenters. The summed E-state index contributed by atoms with van der Waals surface area (Å²) in [6, 6.07) is 4.74. The van der Waals surface area contributed by atoms with Crippen molar-refractivity contribution in [1.82, 2.24) is 5.32 Å². The second kappa shape index (κ2) is 4.66. The predicted molar refractivity (Wildman–Crippen MR) is 67.3 cm³/mol. The average molecular weight is 274 g/mol. The molecule has 0 saturated carbocycles. The number of hydrogen-bond acceptors (Lipinski definition) is 4. The molecular formula is C10H12ClN3O2S. The minimum atomic E-state index is -3.80. The van der Waals surface area contributed by atoms with Crippen LogP contribution in [0.2, 0.25) is 5.02 Å².